The van der Waals surface area contributed by atoms with Crippen molar-refractivity contribution in [1.29, 1.82) is 5.26 Å². The predicted octanol–water partition coefficient (Wildman–Crippen LogP) is 5.62. The summed E-state index contributed by atoms with van der Waals surface area (Å²) in [6.07, 6.45) is 3.29. The highest BCUT2D eigenvalue weighted by atomic mass is 35.5. The Labute approximate surface area is 164 Å². The molecule has 0 fully saturated rings. The number of halogens is 2. The molecule has 0 spiro atoms. The van der Waals surface area contributed by atoms with Crippen LogP contribution in [0.15, 0.2) is 59.3 Å². The second-order valence-electron chi connectivity index (χ2n) is 5.83. The van der Waals surface area contributed by atoms with E-state index >= 15 is 0 Å². The molecule has 0 bridgehead atoms. The lowest BCUT2D eigenvalue weighted by Crippen LogP contribution is -1.98. The Kier molecular flexibility index (Phi) is 4.79. The zero-order valence-corrected chi connectivity index (χ0v) is 15.1. The number of rotatable bonds is 5. The average Bonchev–Trinajstić information content (AvgIpc) is 3.06. The van der Waals surface area contributed by atoms with Gasteiger partial charge in [0.2, 0.25) is 11.8 Å². The molecule has 4 rings (SSSR count). The minimum absolute atomic E-state index is 0.230. The lowest BCUT2D eigenvalue weighted by atomic mass is 10.1. The zero-order chi connectivity index (χ0) is 19.5. The summed E-state index contributed by atoms with van der Waals surface area (Å²) in [4.78, 5) is 8.39. The van der Waals surface area contributed by atoms with E-state index in [9.17, 15) is 4.39 Å². The molecule has 0 saturated carbocycles. The zero-order valence-electron chi connectivity index (χ0n) is 14.3. The number of hydrogen-bond acceptors (Lipinski definition) is 6. The van der Waals surface area contributed by atoms with Crippen molar-refractivity contribution in [2.75, 3.05) is 5.32 Å². The van der Waals surface area contributed by atoms with Crippen molar-refractivity contribution in [3.05, 3.63) is 71.3 Å². The molecule has 0 radical (unpaired) electrons. The number of nitrogens with one attached hydrogen (secondary N) is 1. The van der Waals surface area contributed by atoms with Crippen LogP contribution in [0.3, 0.4) is 0 Å². The number of anilines is 2. The van der Waals surface area contributed by atoms with Crippen molar-refractivity contribution in [2.45, 2.75) is 6.42 Å². The molecule has 0 atom stereocenters. The molecule has 2 aromatic heterocycles. The van der Waals surface area contributed by atoms with Crippen LogP contribution in [-0.2, 0) is 6.42 Å². The molecule has 4 aromatic rings. The van der Waals surface area contributed by atoms with E-state index < -0.39 is 0 Å². The third-order valence-electron chi connectivity index (χ3n) is 3.92. The first-order chi connectivity index (χ1) is 13.6. The fourth-order valence-electron chi connectivity index (χ4n) is 2.62. The van der Waals surface area contributed by atoms with E-state index in [0.29, 0.717) is 22.0 Å². The van der Waals surface area contributed by atoms with Gasteiger partial charge in [0.1, 0.15) is 11.4 Å². The molecule has 0 aliphatic rings. The average molecular weight is 395 g/mol. The first kappa shape index (κ1) is 17.8. The van der Waals surface area contributed by atoms with E-state index in [1.807, 2.05) is 0 Å². The molecule has 6 nitrogen and oxygen atoms in total. The highest BCUT2D eigenvalue weighted by Gasteiger charge is 2.13. The second kappa shape index (κ2) is 7.55. The number of nitriles is 1. The third-order valence-corrected chi connectivity index (χ3v) is 4.22. The van der Waals surface area contributed by atoms with Crippen LogP contribution in [0.4, 0.5) is 16.0 Å². The molecule has 2 heterocycles. The van der Waals surface area contributed by atoms with Crippen LogP contribution in [0.25, 0.3) is 11.0 Å². The van der Waals surface area contributed by atoms with E-state index in [1.54, 1.807) is 30.3 Å². The van der Waals surface area contributed by atoms with Gasteiger partial charge in [-0.1, -0.05) is 11.6 Å². The molecule has 0 unspecified atom stereocenters. The maximum Gasteiger partial charge on any atom is 0.230 e. The molecule has 1 N–H and O–H groups in total. The van der Waals surface area contributed by atoms with Gasteiger partial charge in [-0.15, -0.1) is 0 Å². The summed E-state index contributed by atoms with van der Waals surface area (Å²) < 4.78 is 24.3. The molecule has 0 amide bonds. The normalized spacial score (nSPS) is 10.6. The van der Waals surface area contributed by atoms with Crippen molar-refractivity contribution < 1.29 is 13.5 Å². The fraction of sp³-hybridized carbons (Fsp3) is 0.0500. The van der Waals surface area contributed by atoms with Crippen molar-refractivity contribution in [2.24, 2.45) is 0 Å². The minimum atomic E-state index is -0.329. The Morgan fingerprint density at radius 2 is 2.04 bits per heavy atom. The summed E-state index contributed by atoms with van der Waals surface area (Å²) >= 11 is 6.32. The highest BCUT2D eigenvalue weighted by Crippen LogP contribution is 2.35. The molecule has 2 aromatic carbocycles. The summed E-state index contributed by atoms with van der Waals surface area (Å²) in [5, 5.41) is 13.0. The monoisotopic (exact) mass is 394 g/mol. The molecular formula is C20H12ClFN4O2. The third kappa shape index (κ3) is 3.72. The van der Waals surface area contributed by atoms with Crippen LogP contribution in [0.2, 0.25) is 5.02 Å². The van der Waals surface area contributed by atoms with Gasteiger partial charge in [0.15, 0.2) is 5.75 Å². The van der Waals surface area contributed by atoms with Gasteiger partial charge in [-0.25, -0.2) is 9.37 Å². The van der Waals surface area contributed by atoms with Crippen LogP contribution in [0, 0.1) is 17.1 Å². The molecule has 138 valence electrons. The van der Waals surface area contributed by atoms with Gasteiger partial charge in [-0.2, -0.15) is 10.2 Å². The summed E-state index contributed by atoms with van der Waals surface area (Å²) in [5.41, 5.74) is 1.96. The van der Waals surface area contributed by atoms with Crippen LogP contribution in [-0.4, -0.2) is 9.97 Å². The lowest BCUT2D eigenvalue weighted by molar-refractivity contribution is 0.462. The van der Waals surface area contributed by atoms with Crippen molar-refractivity contribution in [3.63, 3.8) is 0 Å². The minimum Gasteiger partial charge on any atom is -0.464 e. The van der Waals surface area contributed by atoms with Gasteiger partial charge in [0.25, 0.3) is 0 Å². The summed E-state index contributed by atoms with van der Waals surface area (Å²) in [6, 6.07) is 12.8. The Hall–Kier alpha value is -3.63. The maximum atomic E-state index is 13.0. The smallest absolute Gasteiger partial charge is 0.230 e. The van der Waals surface area contributed by atoms with Crippen LogP contribution in [0.5, 0.6) is 11.6 Å². The molecule has 0 aliphatic carbocycles. The number of furan rings is 1. The van der Waals surface area contributed by atoms with Gasteiger partial charge >= 0.3 is 0 Å². The van der Waals surface area contributed by atoms with Crippen molar-refractivity contribution in [1.82, 2.24) is 9.97 Å². The first-order valence-electron chi connectivity index (χ1n) is 8.22. The number of nitrogens with zero attached hydrogens (tertiary/aromatic N) is 3. The fourth-order valence-corrected chi connectivity index (χ4v) is 2.82. The Morgan fingerprint density at radius 1 is 1.21 bits per heavy atom. The first-order valence-corrected chi connectivity index (χ1v) is 8.60. The Morgan fingerprint density at radius 3 is 2.82 bits per heavy atom. The van der Waals surface area contributed by atoms with Crippen LogP contribution >= 0.6 is 11.6 Å². The van der Waals surface area contributed by atoms with E-state index in [2.05, 4.69) is 21.4 Å². The molecule has 0 saturated heterocycles. The van der Waals surface area contributed by atoms with E-state index in [0.717, 1.165) is 10.9 Å². The Balaban J connectivity index is 1.58. The van der Waals surface area contributed by atoms with Gasteiger partial charge in [0, 0.05) is 35.0 Å². The number of ether oxygens (including phenoxy) is 1. The number of aromatic nitrogens is 2. The maximum absolute atomic E-state index is 13.0. The van der Waals surface area contributed by atoms with Gasteiger partial charge in [0.05, 0.1) is 23.8 Å². The van der Waals surface area contributed by atoms with E-state index in [-0.39, 0.29) is 24.1 Å². The quantitative estimate of drug-likeness (QED) is 0.473. The molecule has 0 aliphatic heterocycles. The summed E-state index contributed by atoms with van der Waals surface area (Å²) in [7, 11) is 0. The number of hydrogen-bond donors (Lipinski definition) is 1. The van der Waals surface area contributed by atoms with Gasteiger partial charge < -0.3 is 14.5 Å². The standard InChI is InChI=1S/C20H12ClFN4O2/c21-16-9-15-12(5-7-23)11-27-17(15)10-18(16)28-19-6-8-24-20(26-19)25-14-3-1-13(22)2-4-14/h1-4,6,8-11H,5H2,(H,24,25,26). The SMILES string of the molecule is N#CCc1coc2cc(Oc3ccnc(Nc4ccc(F)cc4)n3)c(Cl)cc12. The Bertz CT molecular complexity index is 1190. The second-order valence-corrected chi connectivity index (χ2v) is 6.23. The van der Waals surface area contributed by atoms with E-state index in [4.69, 9.17) is 26.0 Å². The lowest BCUT2D eigenvalue weighted by Gasteiger charge is -2.09. The van der Waals surface area contributed by atoms with Gasteiger partial charge in [-0.05, 0) is 30.3 Å². The van der Waals surface area contributed by atoms with Crippen LogP contribution < -0.4 is 10.1 Å². The molecule has 28 heavy (non-hydrogen) atoms. The number of fused-ring (bicyclic) bond motifs is 1. The van der Waals surface area contributed by atoms with E-state index in [1.165, 1.54) is 24.6 Å². The van der Waals surface area contributed by atoms with Crippen molar-refractivity contribution in [3.8, 4) is 17.7 Å². The van der Waals surface area contributed by atoms with Crippen molar-refractivity contribution >= 4 is 34.2 Å². The predicted molar refractivity (Wildman–Crippen MR) is 102 cm³/mol. The summed E-state index contributed by atoms with van der Waals surface area (Å²) in [6.45, 7) is 0. The summed E-state index contributed by atoms with van der Waals surface area (Å²) in [5.74, 6) is 0.586. The van der Waals surface area contributed by atoms with Gasteiger partial charge in [-0.3, -0.25) is 0 Å². The molecule has 8 heteroatoms. The number of benzene rings is 2. The largest absolute Gasteiger partial charge is 0.464 e. The topological polar surface area (TPSA) is 84.0 Å². The van der Waals surface area contributed by atoms with Crippen LogP contribution in [0.1, 0.15) is 5.56 Å². The molecular weight excluding hydrogens is 383 g/mol. The highest BCUT2D eigenvalue weighted by molar-refractivity contribution is 6.32.